The van der Waals surface area contributed by atoms with E-state index in [1.807, 2.05) is 27.7 Å². The van der Waals surface area contributed by atoms with Crippen LogP contribution in [-0.2, 0) is 9.59 Å². The standard InChI is InChI=1S/C11H21NO2/c1-5-11(6-2,7-8(3)4)9(13)10(12)14/h8H,5-7H2,1-4H3,(H2,12,14). The lowest BCUT2D eigenvalue weighted by Crippen LogP contribution is -2.40. The number of amides is 1. The van der Waals surface area contributed by atoms with Crippen LogP contribution in [0.5, 0.6) is 0 Å². The van der Waals surface area contributed by atoms with Crippen LogP contribution in [0.4, 0.5) is 0 Å². The molecule has 0 aromatic carbocycles. The summed E-state index contributed by atoms with van der Waals surface area (Å²) < 4.78 is 0. The summed E-state index contributed by atoms with van der Waals surface area (Å²) in [4.78, 5) is 22.6. The second kappa shape index (κ2) is 5.13. The summed E-state index contributed by atoms with van der Waals surface area (Å²) >= 11 is 0. The van der Waals surface area contributed by atoms with Gasteiger partial charge < -0.3 is 5.73 Å². The van der Waals surface area contributed by atoms with E-state index in [1.54, 1.807) is 0 Å². The number of ketones is 1. The van der Waals surface area contributed by atoms with E-state index in [4.69, 9.17) is 5.73 Å². The van der Waals surface area contributed by atoms with Crippen molar-refractivity contribution in [1.29, 1.82) is 0 Å². The van der Waals surface area contributed by atoms with Gasteiger partial charge in [0.2, 0.25) is 5.78 Å². The summed E-state index contributed by atoms with van der Waals surface area (Å²) in [7, 11) is 0. The molecular formula is C11H21NO2. The smallest absolute Gasteiger partial charge is 0.285 e. The summed E-state index contributed by atoms with van der Waals surface area (Å²) in [6.45, 7) is 7.97. The lowest BCUT2D eigenvalue weighted by molar-refractivity contribution is -0.143. The van der Waals surface area contributed by atoms with Gasteiger partial charge in [0.05, 0.1) is 0 Å². The third-order valence-electron chi connectivity index (χ3n) is 2.86. The second-order valence-electron chi connectivity index (χ2n) is 4.28. The summed E-state index contributed by atoms with van der Waals surface area (Å²) in [5.41, 5.74) is 4.53. The van der Waals surface area contributed by atoms with E-state index >= 15 is 0 Å². The lowest BCUT2D eigenvalue weighted by Gasteiger charge is -2.30. The molecule has 0 atom stereocenters. The molecule has 0 aliphatic rings. The van der Waals surface area contributed by atoms with Crippen molar-refractivity contribution in [3.05, 3.63) is 0 Å². The van der Waals surface area contributed by atoms with Crippen LogP contribution in [0.3, 0.4) is 0 Å². The van der Waals surface area contributed by atoms with Crippen LogP contribution >= 0.6 is 0 Å². The van der Waals surface area contributed by atoms with Gasteiger partial charge in [-0.05, 0) is 25.2 Å². The molecule has 0 aliphatic carbocycles. The van der Waals surface area contributed by atoms with E-state index in [-0.39, 0.29) is 0 Å². The van der Waals surface area contributed by atoms with Crippen molar-refractivity contribution in [2.75, 3.05) is 0 Å². The minimum absolute atomic E-state index is 0.401. The lowest BCUT2D eigenvalue weighted by atomic mass is 9.72. The van der Waals surface area contributed by atoms with Gasteiger partial charge in [-0.25, -0.2) is 0 Å². The van der Waals surface area contributed by atoms with Gasteiger partial charge >= 0.3 is 0 Å². The molecule has 82 valence electrons. The third kappa shape index (κ3) is 2.82. The maximum atomic E-state index is 11.7. The Kier molecular flexibility index (Phi) is 4.81. The zero-order chi connectivity index (χ0) is 11.4. The van der Waals surface area contributed by atoms with Crippen molar-refractivity contribution in [1.82, 2.24) is 0 Å². The fourth-order valence-corrected chi connectivity index (χ4v) is 2.00. The fourth-order valence-electron chi connectivity index (χ4n) is 2.00. The minimum atomic E-state index is -0.797. The Bertz CT molecular complexity index is 217. The van der Waals surface area contributed by atoms with E-state index in [0.29, 0.717) is 18.8 Å². The van der Waals surface area contributed by atoms with Crippen LogP contribution in [0.15, 0.2) is 0 Å². The van der Waals surface area contributed by atoms with E-state index < -0.39 is 17.1 Å². The average molecular weight is 199 g/mol. The molecule has 0 aliphatic heterocycles. The molecule has 1 amide bonds. The van der Waals surface area contributed by atoms with Crippen molar-refractivity contribution >= 4 is 11.7 Å². The molecule has 0 aromatic rings. The number of carbonyl (C=O) groups is 2. The highest BCUT2D eigenvalue weighted by molar-refractivity contribution is 6.37. The number of primary amides is 1. The Morgan fingerprint density at radius 2 is 1.64 bits per heavy atom. The first-order chi connectivity index (χ1) is 6.39. The third-order valence-corrected chi connectivity index (χ3v) is 2.86. The fraction of sp³-hybridized carbons (Fsp3) is 0.818. The Morgan fingerprint density at radius 3 is 1.86 bits per heavy atom. The summed E-state index contributed by atoms with van der Waals surface area (Å²) in [5.74, 6) is -0.802. The minimum Gasteiger partial charge on any atom is -0.363 e. The molecule has 0 fully saturated rings. The van der Waals surface area contributed by atoms with Crippen molar-refractivity contribution in [2.24, 2.45) is 17.1 Å². The Balaban J connectivity index is 4.86. The zero-order valence-corrected chi connectivity index (χ0v) is 9.59. The number of hydrogen-bond acceptors (Lipinski definition) is 2. The molecule has 0 spiro atoms. The van der Waals surface area contributed by atoms with E-state index in [1.165, 1.54) is 0 Å². The molecule has 0 bridgehead atoms. The van der Waals surface area contributed by atoms with Crippen LogP contribution in [-0.4, -0.2) is 11.7 Å². The number of Topliss-reactive ketones (excluding diaryl/α,β-unsaturated/α-hetero) is 1. The summed E-state index contributed by atoms with van der Waals surface area (Å²) in [5, 5.41) is 0. The molecular weight excluding hydrogens is 178 g/mol. The first-order valence-corrected chi connectivity index (χ1v) is 5.23. The quantitative estimate of drug-likeness (QED) is 0.664. The van der Waals surface area contributed by atoms with Crippen molar-refractivity contribution in [3.8, 4) is 0 Å². The molecule has 3 nitrogen and oxygen atoms in total. The van der Waals surface area contributed by atoms with Crippen LogP contribution in [0.2, 0.25) is 0 Å². The monoisotopic (exact) mass is 199 g/mol. The van der Waals surface area contributed by atoms with Crippen LogP contribution in [0.25, 0.3) is 0 Å². The molecule has 0 radical (unpaired) electrons. The predicted octanol–water partition coefficient (Wildman–Crippen LogP) is 1.89. The van der Waals surface area contributed by atoms with Crippen LogP contribution < -0.4 is 5.73 Å². The molecule has 0 unspecified atom stereocenters. The number of rotatable bonds is 6. The molecule has 0 saturated heterocycles. The highest BCUT2D eigenvalue weighted by atomic mass is 16.2. The largest absolute Gasteiger partial charge is 0.363 e. The van der Waals surface area contributed by atoms with Crippen LogP contribution in [0, 0.1) is 11.3 Å². The maximum absolute atomic E-state index is 11.7. The highest BCUT2D eigenvalue weighted by Gasteiger charge is 2.38. The number of hydrogen-bond donors (Lipinski definition) is 1. The topological polar surface area (TPSA) is 60.2 Å². The van der Waals surface area contributed by atoms with Gasteiger partial charge in [-0.15, -0.1) is 0 Å². The Morgan fingerprint density at radius 1 is 1.21 bits per heavy atom. The SMILES string of the molecule is CCC(CC)(CC(C)C)C(=O)C(N)=O. The van der Waals surface area contributed by atoms with Gasteiger partial charge in [-0.1, -0.05) is 27.7 Å². The average Bonchev–Trinajstić information content (AvgIpc) is 2.12. The second-order valence-corrected chi connectivity index (χ2v) is 4.28. The molecule has 3 heteroatoms. The maximum Gasteiger partial charge on any atom is 0.285 e. The van der Waals surface area contributed by atoms with Crippen molar-refractivity contribution < 1.29 is 9.59 Å². The zero-order valence-electron chi connectivity index (χ0n) is 9.59. The first kappa shape index (κ1) is 13.1. The molecule has 0 saturated carbocycles. The Labute approximate surface area is 86.1 Å². The van der Waals surface area contributed by atoms with E-state index in [9.17, 15) is 9.59 Å². The van der Waals surface area contributed by atoms with Gasteiger partial charge in [0.25, 0.3) is 5.91 Å². The normalized spacial score (nSPS) is 11.8. The molecule has 0 heterocycles. The van der Waals surface area contributed by atoms with E-state index in [0.717, 1.165) is 6.42 Å². The molecule has 0 rings (SSSR count). The predicted molar refractivity (Wildman–Crippen MR) is 56.7 cm³/mol. The summed E-state index contributed by atoms with van der Waals surface area (Å²) in [6.07, 6.45) is 2.11. The van der Waals surface area contributed by atoms with Gasteiger partial charge in [0.15, 0.2) is 0 Å². The number of carbonyl (C=O) groups excluding carboxylic acids is 2. The van der Waals surface area contributed by atoms with Gasteiger partial charge in [0.1, 0.15) is 0 Å². The van der Waals surface area contributed by atoms with Crippen molar-refractivity contribution in [2.45, 2.75) is 47.0 Å². The first-order valence-electron chi connectivity index (χ1n) is 5.23. The van der Waals surface area contributed by atoms with Crippen LogP contribution in [0.1, 0.15) is 47.0 Å². The van der Waals surface area contributed by atoms with Gasteiger partial charge in [-0.2, -0.15) is 0 Å². The van der Waals surface area contributed by atoms with E-state index in [2.05, 4.69) is 0 Å². The number of nitrogens with two attached hydrogens (primary N) is 1. The van der Waals surface area contributed by atoms with Gasteiger partial charge in [-0.3, -0.25) is 9.59 Å². The molecule has 2 N–H and O–H groups in total. The Hall–Kier alpha value is -0.860. The highest BCUT2D eigenvalue weighted by Crippen LogP contribution is 2.34. The molecule has 0 aromatic heterocycles. The van der Waals surface area contributed by atoms with Gasteiger partial charge in [0, 0.05) is 5.41 Å². The van der Waals surface area contributed by atoms with Crippen molar-refractivity contribution in [3.63, 3.8) is 0 Å². The summed E-state index contributed by atoms with van der Waals surface area (Å²) in [6, 6.07) is 0. The molecule has 14 heavy (non-hydrogen) atoms.